The van der Waals surface area contributed by atoms with Crippen LogP contribution < -0.4 is 0 Å². The maximum atomic E-state index is 5.74. The lowest BCUT2D eigenvalue weighted by Crippen LogP contribution is -1.98. The normalized spacial score (nSPS) is 11.4. The summed E-state index contributed by atoms with van der Waals surface area (Å²) >= 11 is 5.74. The molecule has 0 aliphatic rings. The molecule has 68 valence electrons. The molecule has 0 amide bonds. The molecule has 2 rings (SSSR count). The molecule has 13 heavy (non-hydrogen) atoms. The fourth-order valence-corrected chi connectivity index (χ4v) is 1.35. The first-order valence-corrected chi connectivity index (χ1v) is 4.56. The van der Waals surface area contributed by atoms with Gasteiger partial charge in [0.1, 0.15) is 5.15 Å². The Balaban J connectivity index is 2.61. The van der Waals surface area contributed by atoms with Crippen LogP contribution in [-0.2, 0) is 0 Å². The Morgan fingerprint density at radius 2 is 2.15 bits per heavy atom. The second-order valence-corrected chi connectivity index (χ2v) is 3.67. The zero-order valence-electron chi connectivity index (χ0n) is 7.53. The molecule has 0 fully saturated rings. The fourth-order valence-electron chi connectivity index (χ4n) is 1.18. The summed E-state index contributed by atoms with van der Waals surface area (Å²) in [5.74, 6) is 0.422. The maximum Gasteiger partial charge on any atom is 0.155 e. The molecule has 0 radical (unpaired) electrons. The first kappa shape index (κ1) is 8.51. The van der Waals surface area contributed by atoms with Crippen LogP contribution in [0.5, 0.6) is 0 Å². The smallest absolute Gasteiger partial charge is 0.155 e. The van der Waals surface area contributed by atoms with Gasteiger partial charge in [0.2, 0.25) is 0 Å². The van der Waals surface area contributed by atoms with E-state index >= 15 is 0 Å². The van der Waals surface area contributed by atoms with E-state index in [0.29, 0.717) is 11.1 Å². The molecule has 0 atom stereocenters. The van der Waals surface area contributed by atoms with Crippen molar-refractivity contribution < 1.29 is 0 Å². The molecule has 0 bridgehead atoms. The maximum absolute atomic E-state index is 5.74. The van der Waals surface area contributed by atoms with Crippen LogP contribution in [-0.4, -0.2) is 14.6 Å². The molecule has 3 nitrogen and oxygen atoms in total. The summed E-state index contributed by atoms with van der Waals surface area (Å²) in [7, 11) is 0. The van der Waals surface area contributed by atoms with Crippen molar-refractivity contribution in [1.82, 2.24) is 14.6 Å². The SMILES string of the molecule is CC(C)c1ccc2nc(Cl)cn2n1. The molecule has 0 aliphatic heterocycles. The van der Waals surface area contributed by atoms with E-state index in [0.717, 1.165) is 11.3 Å². The summed E-state index contributed by atoms with van der Waals surface area (Å²) in [5, 5.41) is 4.85. The van der Waals surface area contributed by atoms with Gasteiger partial charge in [0, 0.05) is 0 Å². The van der Waals surface area contributed by atoms with E-state index in [1.54, 1.807) is 10.7 Å². The molecule has 0 aliphatic carbocycles. The fraction of sp³-hybridized carbons (Fsp3) is 0.333. The molecule has 0 saturated carbocycles. The van der Waals surface area contributed by atoms with E-state index < -0.39 is 0 Å². The van der Waals surface area contributed by atoms with Crippen molar-refractivity contribution in [3.05, 3.63) is 29.2 Å². The van der Waals surface area contributed by atoms with E-state index in [4.69, 9.17) is 11.6 Å². The van der Waals surface area contributed by atoms with Crippen LogP contribution in [0.15, 0.2) is 18.3 Å². The Hall–Kier alpha value is -1.09. The van der Waals surface area contributed by atoms with E-state index in [9.17, 15) is 0 Å². The number of halogens is 1. The minimum Gasteiger partial charge on any atom is -0.219 e. The lowest BCUT2D eigenvalue weighted by molar-refractivity contribution is 0.764. The topological polar surface area (TPSA) is 30.2 Å². The van der Waals surface area contributed by atoms with Crippen molar-refractivity contribution in [2.45, 2.75) is 19.8 Å². The molecule has 0 unspecified atom stereocenters. The molecule has 2 heterocycles. The van der Waals surface area contributed by atoms with Crippen LogP contribution in [0.3, 0.4) is 0 Å². The number of hydrogen-bond acceptors (Lipinski definition) is 2. The van der Waals surface area contributed by atoms with Gasteiger partial charge in [0.25, 0.3) is 0 Å². The third kappa shape index (κ3) is 1.52. The van der Waals surface area contributed by atoms with Crippen LogP contribution in [0.25, 0.3) is 5.65 Å². The number of fused-ring (bicyclic) bond motifs is 1. The summed E-state index contributed by atoms with van der Waals surface area (Å²) in [6, 6.07) is 3.90. The van der Waals surface area contributed by atoms with Crippen molar-refractivity contribution in [2.75, 3.05) is 0 Å². The Kier molecular flexibility index (Phi) is 1.96. The Labute approximate surface area is 81.4 Å². The number of imidazole rings is 1. The number of hydrogen-bond donors (Lipinski definition) is 0. The molecule has 2 aromatic heterocycles. The summed E-state index contributed by atoms with van der Waals surface area (Å²) in [6.45, 7) is 4.21. The molecule has 4 heteroatoms. The molecule has 0 spiro atoms. The monoisotopic (exact) mass is 195 g/mol. The minimum atomic E-state index is 0.422. The summed E-state index contributed by atoms with van der Waals surface area (Å²) in [5.41, 5.74) is 1.83. The predicted molar refractivity (Wildman–Crippen MR) is 52.1 cm³/mol. The van der Waals surface area contributed by atoms with Crippen LogP contribution >= 0.6 is 11.6 Å². The summed E-state index contributed by atoms with van der Waals surface area (Å²) < 4.78 is 1.71. The molecule has 2 aromatic rings. The summed E-state index contributed by atoms with van der Waals surface area (Å²) in [4.78, 5) is 4.08. The third-order valence-corrected chi connectivity index (χ3v) is 2.08. The lowest BCUT2D eigenvalue weighted by Gasteiger charge is -2.02. The van der Waals surface area contributed by atoms with E-state index in [1.807, 2.05) is 12.1 Å². The summed E-state index contributed by atoms with van der Waals surface area (Å²) in [6.07, 6.45) is 1.71. The predicted octanol–water partition coefficient (Wildman–Crippen LogP) is 2.51. The standard InChI is InChI=1S/C9H10ClN3/c1-6(2)7-3-4-9-11-8(10)5-13(9)12-7/h3-6H,1-2H3. The van der Waals surface area contributed by atoms with Gasteiger partial charge in [-0.25, -0.2) is 9.50 Å². The van der Waals surface area contributed by atoms with Crippen LogP contribution in [0.4, 0.5) is 0 Å². The average Bonchev–Trinajstić information content (AvgIpc) is 2.42. The van der Waals surface area contributed by atoms with Gasteiger partial charge >= 0.3 is 0 Å². The van der Waals surface area contributed by atoms with Gasteiger partial charge in [-0.1, -0.05) is 25.4 Å². The van der Waals surface area contributed by atoms with Gasteiger partial charge in [-0.2, -0.15) is 5.10 Å². The van der Waals surface area contributed by atoms with Gasteiger partial charge in [0.15, 0.2) is 5.65 Å². The minimum absolute atomic E-state index is 0.422. The van der Waals surface area contributed by atoms with Gasteiger partial charge in [-0.05, 0) is 18.1 Å². The highest BCUT2D eigenvalue weighted by Crippen LogP contribution is 2.13. The van der Waals surface area contributed by atoms with E-state index in [1.165, 1.54) is 0 Å². The molecule has 0 saturated heterocycles. The molecular weight excluding hydrogens is 186 g/mol. The number of nitrogens with zero attached hydrogens (tertiary/aromatic N) is 3. The van der Waals surface area contributed by atoms with Gasteiger partial charge in [-0.3, -0.25) is 0 Å². The van der Waals surface area contributed by atoms with E-state index in [-0.39, 0.29) is 0 Å². The van der Waals surface area contributed by atoms with Crippen molar-refractivity contribution in [3.8, 4) is 0 Å². The number of aromatic nitrogens is 3. The first-order valence-electron chi connectivity index (χ1n) is 4.18. The Morgan fingerprint density at radius 1 is 1.38 bits per heavy atom. The van der Waals surface area contributed by atoms with Gasteiger partial charge in [-0.15, -0.1) is 0 Å². The highest BCUT2D eigenvalue weighted by Gasteiger charge is 2.04. The average molecular weight is 196 g/mol. The highest BCUT2D eigenvalue weighted by atomic mass is 35.5. The number of rotatable bonds is 1. The molecule has 0 aromatic carbocycles. The van der Waals surface area contributed by atoms with Crippen LogP contribution in [0.2, 0.25) is 5.15 Å². The van der Waals surface area contributed by atoms with Crippen LogP contribution in [0, 0.1) is 0 Å². The lowest BCUT2D eigenvalue weighted by atomic mass is 10.1. The second kappa shape index (κ2) is 3.00. The quantitative estimate of drug-likeness (QED) is 0.700. The Morgan fingerprint density at radius 3 is 2.85 bits per heavy atom. The first-order chi connectivity index (χ1) is 6.16. The zero-order chi connectivity index (χ0) is 9.42. The van der Waals surface area contributed by atoms with Crippen molar-refractivity contribution >= 4 is 17.2 Å². The van der Waals surface area contributed by atoms with Gasteiger partial charge < -0.3 is 0 Å². The van der Waals surface area contributed by atoms with Gasteiger partial charge in [0.05, 0.1) is 11.9 Å². The van der Waals surface area contributed by atoms with Crippen LogP contribution in [0.1, 0.15) is 25.5 Å². The third-order valence-electron chi connectivity index (χ3n) is 1.90. The van der Waals surface area contributed by atoms with Crippen molar-refractivity contribution in [1.29, 1.82) is 0 Å². The molecule has 0 N–H and O–H groups in total. The largest absolute Gasteiger partial charge is 0.219 e. The van der Waals surface area contributed by atoms with Crippen molar-refractivity contribution in [3.63, 3.8) is 0 Å². The highest BCUT2D eigenvalue weighted by molar-refractivity contribution is 6.29. The second-order valence-electron chi connectivity index (χ2n) is 3.28. The zero-order valence-corrected chi connectivity index (χ0v) is 8.28. The van der Waals surface area contributed by atoms with E-state index in [2.05, 4.69) is 23.9 Å². The Bertz CT molecular complexity index is 433. The van der Waals surface area contributed by atoms with Crippen molar-refractivity contribution in [2.24, 2.45) is 0 Å². The molecular formula is C9H10ClN3.